The molecule has 0 aromatic heterocycles. The van der Waals surface area contributed by atoms with E-state index in [2.05, 4.69) is 11.2 Å². The number of fused-ring (bicyclic) bond motifs is 1. The van der Waals surface area contributed by atoms with Gasteiger partial charge in [-0.25, -0.2) is 4.79 Å². The van der Waals surface area contributed by atoms with Crippen LogP contribution in [0.1, 0.15) is 34.8 Å². The lowest BCUT2D eigenvalue weighted by atomic mass is 9.84. The Labute approximate surface area is 181 Å². The van der Waals surface area contributed by atoms with E-state index in [1.807, 2.05) is 79.0 Å². The third-order valence-electron chi connectivity index (χ3n) is 5.47. The summed E-state index contributed by atoms with van der Waals surface area (Å²) in [6.07, 6.45) is 4.20. The highest BCUT2D eigenvalue weighted by Crippen LogP contribution is 2.32. The average Bonchev–Trinajstić information content (AvgIpc) is 2.81. The molecule has 0 radical (unpaired) electrons. The Kier molecular flexibility index (Phi) is 6.62. The Hall–Kier alpha value is -3.60. The second kappa shape index (κ2) is 9.94. The molecule has 5 heteroatoms. The van der Waals surface area contributed by atoms with Crippen molar-refractivity contribution in [3.63, 3.8) is 0 Å². The van der Waals surface area contributed by atoms with Crippen LogP contribution in [0.4, 0.5) is 0 Å². The van der Waals surface area contributed by atoms with Gasteiger partial charge in [-0.2, -0.15) is 0 Å². The van der Waals surface area contributed by atoms with Crippen molar-refractivity contribution in [2.75, 3.05) is 6.61 Å². The van der Waals surface area contributed by atoms with Gasteiger partial charge in [-0.05, 0) is 47.6 Å². The first kappa shape index (κ1) is 20.7. The Morgan fingerprint density at radius 3 is 2.32 bits per heavy atom. The standard InChI is InChI=1S/C26H25NO4/c28-25(29)18-30-24-13-7-12-22-16-19(14-15-23(22)24)17-27-31-26(20-8-3-1-4-9-20)21-10-5-2-6-11-21/h1-13,17,19,26H,14-16,18H2,(H,28,29). The molecule has 0 aliphatic heterocycles. The first-order chi connectivity index (χ1) is 15.2. The van der Waals surface area contributed by atoms with E-state index in [1.165, 1.54) is 5.56 Å². The van der Waals surface area contributed by atoms with Crippen LogP contribution < -0.4 is 4.74 Å². The lowest BCUT2D eigenvalue weighted by Gasteiger charge is -2.24. The van der Waals surface area contributed by atoms with Crippen LogP contribution in [0.3, 0.4) is 0 Å². The third kappa shape index (κ3) is 5.31. The molecule has 0 heterocycles. The van der Waals surface area contributed by atoms with Crippen molar-refractivity contribution in [3.05, 3.63) is 101 Å². The summed E-state index contributed by atoms with van der Waals surface area (Å²) in [6, 6.07) is 26.0. The number of aliphatic carboxylic acids is 1. The molecule has 0 spiro atoms. The predicted octanol–water partition coefficient (Wildman–Crippen LogP) is 5.05. The molecule has 1 atom stereocenters. The predicted molar refractivity (Wildman–Crippen MR) is 119 cm³/mol. The van der Waals surface area contributed by atoms with Crippen LogP contribution >= 0.6 is 0 Å². The summed E-state index contributed by atoms with van der Waals surface area (Å²) >= 11 is 0. The fourth-order valence-corrected chi connectivity index (χ4v) is 3.95. The molecule has 1 unspecified atom stereocenters. The number of oxime groups is 1. The SMILES string of the molecule is O=C(O)COc1cccc2c1CCC(C=NOC(c1ccccc1)c1ccccc1)C2. The van der Waals surface area contributed by atoms with E-state index in [0.717, 1.165) is 36.0 Å². The van der Waals surface area contributed by atoms with Crippen molar-refractivity contribution in [2.45, 2.75) is 25.4 Å². The maximum Gasteiger partial charge on any atom is 0.341 e. The summed E-state index contributed by atoms with van der Waals surface area (Å²) in [5.41, 5.74) is 4.38. The minimum Gasteiger partial charge on any atom is -0.482 e. The van der Waals surface area contributed by atoms with E-state index < -0.39 is 5.97 Å². The molecule has 3 aromatic rings. The smallest absolute Gasteiger partial charge is 0.341 e. The zero-order chi connectivity index (χ0) is 21.5. The van der Waals surface area contributed by atoms with Gasteiger partial charge in [0, 0.05) is 12.1 Å². The van der Waals surface area contributed by atoms with Gasteiger partial charge in [-0.3, -0.25) is 0 Å². The van der Waals surface area contributed by atoms with E-state index in [1.54, 1.807) is 0 Å². The molecule has 0 fully saturated rings. The van der Waals surface area contributed by atoms with E-state index >= 15 is 0 Å². The number of carboxylic acid groups (broad SMARTS) is 1. The lowest BCUT2D eigenvalue weighted by molar-refractivity contribution is -0.139. The van der Waals surface area contributed by atoms with Gasteiger partial charge in [-0.1, -0.05) is 78.0 Å². The highest BCUT2D eigenvalue weighted by molar-refractivity contribution is 5.68. The molecule has 4 rings (SSSR count). The number of benzene rings is 3. The first-order valence-electron chi connectivity index (χ1n) is 10.5. The number of hydrogen-bond donors (Lipinski definition) is 1. The van der Waals surface area contributed by atoms with Crippen LogP contribution in [0.15, 0.2) is 84.0 Å². The normalized spacial score (nSPS) is 15.6. The summed E-state index contributed by atoms with van der Waals surface area (Å²) in [6.45, 7) is -0.324. The largest absolute Gasteiger partial charge is 0.482 e. The van der Waals surface area contributed by atoms with E-state index in [0.29, 0.717) is 5.75 Å². The van der Waals surface area contributed by atoms with E-state index in [4.69, 9.17) is 14.7 Å². The van der Waals surface area contributed by atoms with Crippen molar-refractivity contribution in [1.29, 1.82) is 0 Å². The number of carboxylic acids is 1. The molecule has 3 aromatic carbocycles. The molecular formula is C26H25NO4. The van der Waals surface area contributed by atoms with Gasteiger partial charge in [0.05, 0.1) is 0 Å². The minimum atomic E-state index is -0.970. The van der Waals surface area contributed by atoms with E-state index in [9.17, 15) is 4.79 Å². The Balaban J connectivity index is 1.44. The van der Waals surface area contributed by atoms with Crippen LogP contribution in [0.2, 0.25) is 0 Å². The fourth-order valence-electron chi connectivity index (χ4n) is 3.95. The number of carbonyl (C=O) groups is 1. The highest BCUT2D eigenvalue weighted by atomic mass is 16.6. The number of ether oxygens (including phenoxy) is 1. The van der Waals surface area contributed by atoms with Gasteiger partial charge >= 0.3 is 5.97 Å². The van der Waals surface area contributed by atoms with Crippen molar-refractivity contribution >= 4 is 12.2 Å². The zero-order valence-electron chi connectivity index (χ0n) is 17.2. The monoisotopic (exact) mass is 415 g/mol. The maximum absolute atomic E-state index is 10.8. The molecule has 31 heavy (non-hydrogen) atoms. The molecular weight excluding hydrogens is 390 g/mol. The second-order valence-corrected chi connectivity index (χ2v) is 7.64. The Bertz CT molecular complexity index is 994. The Morgan fingerprint density at radius 2 is 1.68 bits per heavy atom. The molecule has 0 saturated carbocycles. The molecule has 1 N–H and O–H groups in total. The number of rotatable bonds is 8. The lowest BCUT2D eigenvalue weighted by Crippen LogP contribution is -2.18. The van der Waals surface area contributed by atoms with Gasteiger partial charge in [0.25, 0.3) is 0 Å². The summed E-state index contributed by atoms with van der Waals surface area (Å²) in [5, 5.41) is 13.2. The second-order valence-electron chi connectivity index (χ2n) is 7.64. The van der Waals surface area contributed by atoms with Crippen LogP contribution in [-0.4, -0.2) is 23.9 Å². The van der Waals surface area contributed by atoms with Gasteiger partial charge in [0.1, 0.15) is 5.75 Å². The van der Waals surface area contributed by atoms with Gasteiger partial charge in [0.15, 0.2) is 12.7 Å². The van der Waals surface area contributed by atoms with Crippen LogP contribution in [-0.2, 0) is 22.5 Å². The molecule has 1 aliphatic rings. The molecule has 158 valence electrons. The Morgan fingerprint density at radius 1 is 1.00 bits per heavy atom. The third-order valence-corrected chi connectivity index (χ3v) is 5.47. The van der Waals surface area contributed by atoms with Crippen molar-refractivity contribution in [2.24, 2.45) is 11.1 Å². The molecule has 1 aliphatic carbocycles. The molecule has 0 bridgehead atoms. The maximum atomic E-state index is 10.8. The van der Waals surface area contributed by atoms with Crippen molar-refractivity contribution in [3.8, 4) is 5.75 Å². The number of hydrogen-bond acceptors (Lipinski definition) is 4. The van der Waals surface area contributed by atoms with Crippen molar-refractivity contribution < 1.29 is 19.5 Å². The summed E-state index contributed by atoms with van der Waals surface area (Å²) in [7, 11) is 0. The average molecular weight is 415 g/mol. The van der Waals surface area contributed by atoms with Crippen LogP contribution in [0.5, 0.6) is 5.75 Å². The summed E-state index contributed by atoms with van der Waals surface area (Å²) < 4.78 is 5.45. The van der Waals surface area contributed by atoms with E-state index in [-0.39, 0.29) is 18.6 Å². The van der Waals surface area contributed by atoms with Gasteiger partial charge in [-0.15, -0.1) is 0 Å². The minimum absolute atomic E-state index is 0.259. The highest BCUT2D eigenvalue weighted by Gasteiger charge is 2.21. The van der Waals surface area contributed by atoms with Gasteiger partial charge < -0.3 is 14.7 Å². The number of nitrogens with zero attached hydrogens (tertiary/aromatic N) is 1. The molecule has 0 amide bonds. The molecule has 0 saturated heterocycles. The van der Waals surface area contributed by atoms with Crippen LogP contribution in [0, 0.1) is 5.92 Å². The molecule has 5 nitrogen and oxygen atoms in total. The van der Waals surface area contributed by atoms with Gasteiger partial charge in [0.2, 0.25) is 0 Å². The van der Waals surface area contributed by atoms with Crippen molar-refractivity contribution in [1.82, 2.24) is 0 Å². The summed E-state index contributed by atoms with van der Waals surface area (Å²) in [5.74, 6) is -0.0452. The van der Waals surface area contributed by atoms with Crippen LogP contribution in [0.25, 0.3) is 0 Å². The fraction of sp³-hybridized carbons (Fsp3) is 0.231. The first-order valence-corrected chi connectivity index (χ1v) is 10.5. The topological polar surface area (TPSA) is 68.1 Å². The zero-order valence-corrected chi connectivity index (χ0v) is 17.2. The quantitative estimate of drug-likeness (QED) is 0.413. The summed E-state index contributed by atoms with van der Waals surface area (Å²) in [4.78, 5) is 16.8.